The van der Waals surface area contributed by atoms with E-state index in [-0.39, 0.29) is 0 Å². The Morgan fingerprint density at radius 2 is 2.29 bits per heavy atom. The molecule has 14 heavy (non-hydrogen) atoms. The minimum Gasteiger partial charge on any atom is -0.303 e. The van der Waals surface area contributed by atoms with E-state index in [4.69, 9.17) is 0 Å². The predicted octanol–water partition coefficient (Wildman–Crippen LogP) is 3.59. The molecular weight excluding hydrogens is 172 g/mol. The van der Waals surface area contributed by atoms with Gasteiger partial charge in [0.15, 0.2) is 0 Å². The molecule has 0 heterocycles. The molecule has 0 aromatic carbocycles. The Hall–Kier alpha value is -0.590. The van der Waals surface area contributed by atoms with Crippen molar-refractivity contribution < 1.29 is 4.79 Å². The van der Waals surface area contributed by atoms with Crippen molar-refractivity contribution in [1.82, 2.24) is 0 Å². The summed E-state index contributed by atoms with van der Waals surface area (Å²) in [6, 6.07) is 0. The van der Waals surface area contributed by atoms with Crippen LogP contribution in [-0.4, -0.2) is 6.29 Å². The van der Waals surface area contributed by atoms with Gasteiger partial charge in [-0.15, -0.1) is 0 Å². The Bertz CT molecular complexity index is 217. The molecule has 0 radical (unpaired) electrons. The summed E-state index contributed by atoms with van der Waals surface area (Å²) in [6.45, 7) is 6.75. The van der Waals surface area contributed by atoms with Crippen LogP contribution in [-0.2, 0) is 4.79 Å². The quantitative estimate of drug-likeness (QED) is 0.483. The monoisotopic (exact) mass is 194 g/mol. The van der Waals surface area contributed by atoms with Gasteiger partial charge < -0.3 is 4.79 Å². The second kappa shape index (κ2) is 5.33. The van der Waals surface area contributed by atoms with E-state index in [0.29, 0.717) is 12.3 Å². The van der Waals surface area contributed by atoms with Gasteiger partial charge in [0.25, 0.3) is 0 Å². The van der Waals surface area contributed by atoms with Gasteiger partial charge in [-0.3, -0.25) is 0 Å². The van der Waals surface area contributed by atoms with Crippen LogP contribution in [0.1, 0.15) is 46.5 Å². The number of carbonyl (C=O) groups excluding carboxylic acids is 1. The van der Waals surface area contributed by atoms with Crippen molar-refractivity contribution in [3.63, 3.8) is 0 Å². The highest BCUT2D eigenvalue weighted by molar-refractivity contribution is 5.50. The fourth-order valence-electron chi connectivity index (χ4n) is 2.23. The van der Waals surface area contributed by atoms with Gasteiger partial charge in [0, 0.05) is 6.42 Å². The van der Waals surface area contributed by atoms with Gasteiger partial charge in [-0.05, 0) is 30.6 Å². The second-order valence-electron chi connectivity index (χ2n) is 4.63. The minimum atomic E-state index is 0.474. The Morgan fingerprint density at radius 1 is 1.57 bits per heavy atom. The summed E-state index contributed by atoms with van der Waals surface area (Å²) in [7, 11) is 0. The molecule has 0 spiro atoms. The molecule has 0 bridgehead atoms. The summed E-state index contributed by atoms with van der Waals surface area (Å²) in [6.07, 6.45) is 7.94. The normalized spacial score (nSPS) is 25.6. The number of rotatable bonds is 5. The number of aldehydes is 1. The Kier molecular flexibility index (Phi) is 4.37. The second-order valence-corrected chi connectivity index (χ2v) is 4.63. The van der Waals surface area contributed by atoms with Crippen molar-refractivity contribution >= 4 is 6.29 Å². The van der Waals surface area contributed by atoms with Crippen LogP contribution in [0.15, 0.2) is 11.6 Å². The number of hydrogen-bond acceptors (Lipinski definition) is 1. The fourth-order valence-corrected chi connectivity index (χ4v) is 2.23. The smallest absolute Gasteiger partial charge is 0.120 e. The first-order valence-electron chi connectivity index (χ1n) is 5.83. The van der Waals surface area contributed by atoms with Gasteiger partial charge in [-0.1, -0.05) is 38.8 Å². The van der Waals surface area contributed by atoms with E-state index < -0.39 is 0 Å². The van der Waals surface area contributed by atoms with Crippen molar-refractivity contribution in [1.29, 1.82) is 0 Å². The number of hydrogen-bond donors (Lipinski definition) is 0. The van der Waals surface area contributed by atoms with Gasteiger partial charge in [0.05, 0.1) is 0 Å². The summed E-state index contributed by atoms with van der Waals surface area (Å²) in [5.41, 5.74) is 1.52. The molecule has 0 aliphatic heterocycles. The van der Waals surface area contributed by atoms with Gasteiger partial charge >= 0.3 is 0 Å². The molecule has 80 valence electrons. The summed E-state index contributed by atoms with van der Waals surface area (Å²) in [5.74, 6) is 2.04. The van der Waals surface area contributed by atoms with E-state index in [2.05, 4.69) is 26.8 Å². The third kappa shape index (κ3) is 2.70. The third-order valence-electron chi connectivity index (χ3n) is 3.65. The molecule has 0 saturated carbocycles. The van der Waals surface area contributed by atoms with E-state index in [1.54, 1.807) is 0 Å². The first kappa shape index (κ1) is 11.5. The average Bonchev–Trinajstić information content (AvgIpc) is 2.66. The summed E-state index contributed by atoms with van der Waals surface area (Å²) >= 11 is 0. The van der Waals surface area contributed by atoms with E-state index >= 15 is 0 Å². The SMILES string of the molecule is CCC(C)C1C=C(C(C)CC=O)CC1. The molecule has 1 aliphatic carbocycles. The third-order valence-corrected chi connectivity index (χ3v) is 3.65. The van der Waals surface area contributed by atoms with E-state index in [0.717, 1.165) is 18.1 Å². The maximum Gasteiger partial charge on any atom is 0.120 e. The predicted molar refractivity (Wildman–Crippen MR) is 60.1 cm³/mol. The molecule has 1 rings (SSSR count). The van der Waals surface area contributed by atoms with Gasteiger partial charge in [0.2, 0.25) is 0 Å². The zero-order chi connectivity index (χ0) is 10.6. The van der Waals surface area contributed by atoms with E-state index in [1.165, 1.54) is 24.8 Å². The van der Waals surface area contributed by atoms with Crippen molar-refractivity contribution in [3.05, 3.63) is 11.6 Å². The maximum absolute atomic E-state index is 10.4. The van der Waals surface area contributed by atoms with Crippen LogP contribution in [0.4, 0.5) is 0 Å². The lowest BCUT2D eigenvalue weighted by molar-refractivity contribution is -0.108. The molecule has 1 aliphatic rings. The van der Waals surface area contributed by atoms with Gasteiger partial charge in [-0.25, -0.2) is 0 Å². The molecule has 0 saturated heterocycles. The molecule has 3 unspecified atom stereocenters. The Morgan fingerprint density at radius 3 is 2.86 bits per heavy atom. The Balaban J connectivity index is 2.53. The molecule has 1 heteroatoms. The highest BCUT2D eigenvalue weighted by Crippen LogP contribution is 2.35. The van der Waals surface area contributed by atoms with Crippen LogP contribution in [0.3, 0.4) is 0 Å². The van der Waals surface area contributed by atoms with Crippen LogP contribution in [0, 0.1) is 17.8 Å². The first-order chi connectivity index (χ1) is 6.69. The molecule has 3 atom stereocenters. The molecule has 0 aromatic heterocycles. The lowest BCUT2D eigenvalue weighted by Crippen LogP contribution is -2.04. The van der Waals surface area contributed by atoms with E-state index in [9.17, 15) is 4.79 Å². The molecule has 0 amide bonds. The van der Waals surface area contributed by atoms with Crippen molar-refractivity contribution in [2.75, 3.05) is 0 Å². The van der Waals surface area contributed by atoms with Crippen LogP contribution in [0.25, 0.3) is 0 Å². The van der Waals surface area contributed by atoms with Crippen molar-refractivity contribution in [2.45, 2.75) is 46.5 Å². The van der Waals surface area contributed by atoms with Crippen LogP contribution < -0.4 is 0 Å². The molecule has 0 aromatic rings. The first-order valence-corrected chi connectivity index (χ1v) is 5.83. The van der Waals surface area contributed by atoms with Crippen LogP contribution >= 0.6 is 0 Å². The standard InChI is InChI=1S/C13H22O/c1-4-10(2)12-5-6-13(9-12)11(3)7-8-14/h8-12H,4-7H2,1-3H3. The lowest BCUT2D eigenvalue weighted by atomic mass is 9.91. The van der Waals surface area contributed by atoms with Gasteiger partial charge in [0.1, 0.15) is 6.29 Å². The average molecular weight is 194 g/mol. The zero-order valence-electron chi connectivity index (χ0n) is 9.62. The highest BCUT2D eigenvalue weighted by atomic mass is 16.1. The lowest BCUT2D eigenvalue weighted by Gasteiger charge is -2.14. The Labute approximate surface area is 87.6 Å². The minimum absolute atomic E-state index is 0.474. The summed E-state index contributed by atoms with van der Waals surface area (Å²) in [5, 5.41) is 0. The highest BCUT2D eigenvalue weighted by Gasteiger charge is 2.22. The molecule has 1 nitrogen and oxygen atoms in total. The van der Waals surface area contributed by atoms with Gasteiger partial charge in [-0.2, -0.15) is 0 Å². The fraction of sp³-hybridized carbons (Fsp3) is 0.769. The van der Waals surface area contributed by atoms with E-state index in [1.807, 2.05) is 0 Å². The number of allylic oxidation sites excluding steroid dienone is 2. The molecule has 0 N–H and O–H groups in total. The van der Waals surface area contributed by atoms with Crippen LogP contribution in [0.5, 0.6) is 0 Å². The zero-order valence-corrected chi connectivity index (χ0v) is 9.62. The van der Waals surface area contributed by atoms with Crippen molar-refractivity contribution in [3.8, 4) is 0 Å². The number of carbonyl (C=O) groups is 1. The summed E-state index contributed by atoms with van der Waals surface area (Å²) < 4.78 is 0. The molecular formula is C13H22O. The molecule has 0 fully saturated rings. The largest absolute Gasteiger partial charge is 0.303 e. The maximum atomic E-state index is 10.4. The van der Waals surface area contributed by atoms with Crippen LogP contribution in [0.2, 0.25) is 0 Å². The topological polar surface area (TPSA) is 17.1 Å². The summed E-state index contributed by atoms with van der Waals surface area (Å²) in [4.78, 5) is 10.4. The van der Waals surface area contributed by atoms with Crippen molar-refractivity contribution in [2.24, 2.45) is 17.8 Å².